The van der Waals surface area contributed by atoms with Crippen molar-refractivity contribution in [2.24, 2.45) is 5.10 Å². The molecule has 0 bridgehead atoms. The van der Waals surface area contributed by atoms with Crippen LogP contribution in [0.3, 0.4) is 0 Å². The van der Waals surface area contributed by atoms with Crippen molar-refractivity contribution >= 4 is 12.1 Å². The maximum absolute atomic E-state index is 13.0. The van der Waals surface area contributed by atoms with Crippen LogP contribution in [0, 0.1) is 5.82 Å². The molecule has 8 heteroatoms. The van der Waals surface area contributed by atoms with Crippen molar-refractivity contribution < 1.29 is 13.9 Å². The van der Waals surface area contributed by atoms with Crippen molar-refractivity contribution in [3.63, 3.8) is 0 Å². The van der Waals surface area contributed by atoms with Crippen LogP contribution in [0.5, 0.6) is 5.75 Å². The number of methoxy groups -OCH3 is 1. The summed E-state index contributed by atoms with van der Waals surface area (Å²) in [5.74, 6) is -0.428. The molecule has 0 aliphatic carbocycles. The monoisotopic (exact) mass is 366 g/mol. The maximum atomic E-state index is 13.0. The van der Waals surface area contributed by atoms with Gasteiger partial charge in [-0.3, -0.25) is 4.79 Å². The van der Waals surface area contributed by atoms with Crippen LogP contribution in [0.15, 0.2) is 64.5 Å². The summed E-state index contributed by atoms with van der Waals surface area (Å²) in [7, 11) is 1.53. The van der Waals surface area contributed by atoms with E-state index in [-0.39, 0.29) is 11.4 Å². The molecular weight excluding hydrogens is 351 g/mol. The van der Waals surface area contributed by atoms with E-state index in [0.29, 0.717) is 16.9 Å². The lowest BCUT2D eigenvalue weighted by molar-refractivity contribution is 0.0949. The third kappa shape index (κ3) is 4.43. The molecule has 1 heterocycles. The number of aromatic nitrogens is 2. The number of H-pyrrole nitrogens is 1. The minimum absolute atomic E-state index is 0.0218. The molecule has 27 heavy (non-hydrogen) atoms. The molecule has 0 saturated heterocycles. The number of aromatic amines is 1. The third-order valence-electron chi connectivity index (χ3n) is 3.64. The number of carbonyl (C=O) groups excluding carboxylic acids is 1. The van der Waals surface area contributed by atoms with Gasteiger partial charge in [0.25, 0.3) is 5.91 Å². The summed E-state index contributed by atoms with van der Waals surface area (Å²) in [6.45, 7) is 0. The van der Waals surface area contributed by atoms with Crippen LogP contribution < -0.4 is 15.9 Å². The lowest BCUT2D eigenvalue weighted by Crippen LogP contribution is -2.24. The summed E-state index contributed by atoms with van der Waals surface area (Å²) in [5, 5.41) is 3.87. The Morgan fingerprint density at radius 2 is 1.96 bits per heavy atom. The lowest BCUT2D eigenvalue weighted by atomic mass is 10.1. The minimum Gasteiger partial charge on any atom is -0.496 e. The predicted molar refractivity (Wildman–Crippen MR) is 98.3 cm³/mol. The van der Waals surface area contributed by atoms with Gasteiger partial charge >= 0.3 is 5.69 Å². The van der Waals surface area contributed by atoms with Gasteiger partial charge in [-0.15, -0.1) is 0 Å². The first kappa shape index (κ1) is 18.0. The van der Waals surface area contributed by atoms with Gasteiger partial charge in [0.05, 0.1) is 19.0 Å². The van der Waals surface area contributed by atoms with Gasteiger partial charge in [-0.2, -0.15) is 10.1 Å². The summed E-state index contributed by atoms with van der Waals surface area (Å²) in [5.41, 5.74) is 3.04. The molecule has 0 fully saturated rings. The molecule has 0 aliphatic heterocycles. The van der Waals surface area contributed by atoms with Gasteiger partial charge in [0.1, 0.15) is 17.3 Å². The number of para-hydroxylation sites is 1. The number of benzene rings is 2. The van der Waals surface area contributed by atoms with E-state index in [1.54, 1.807) is 18.2 Å². The molecule has 0 unspecified atom stereocenters. The Kier molecular flexibility index (Phi) is 5.36. The van der Waals surface area contributed by atoms with Gasteiger partial charge in [-0.1, -0.05) is 12.1 Å². The number of nitrogens with one attached hydrogen (secondary N) is 2. The van der Waals surface area contributed by atoms with Gasteiger partial charge in [-0.25, -0.2) is 14.6 Å². The number of hydrogen-bond donors (Lipinski definition) is 2. The number of halogens is 1. The van der Waals surface area contributed by atoms with Gasteiger partial charge in [-0.05, 0) is 42.5 Å². The Morgan fingerprint density at radius 3 is 2.70 bits per heavy atom. The second kappa shape index (κ2) is 8.05. The van der Waals surface area contributed by atoms with Crippen molar-refractivity contribution in [1.82, 2.24) is 15.4 Å². The number of hydrogen-bond acceptors (Lipinski definition) is 5. The van der Waals surface area contributed by atoms with E-state index in [1.165, 1.54) is 43.7 Å². The van der Waals surface area contributed by atoms with Gasteiger partial charge in [0, 0.05) is 11.1 Å². The minimum atomic E-state index is -0.698. The molecular formula is C19H15FN4O3. The quantitative estimate of drug-likeness (QED) is 0.535. The second-order valence-corrected chi connectivity index (χ2v) is 5.43. The van der Waals surface area contributed by atoms with Gasteiger partial charge < -0.3 is 9.72 Å². The predicted octanol–water partition coefficient (Wildman–Crippen LogP) is 2.35. The summed E-state index contributed by atoms with van der Waals surface area (Å²) < 4.78 is 18.2. The number of amides is 1. The molecule has 0 spiro atoms. The molecule has 0 saturated carbocycles. The van der Waals surface area contributed by atoms with Crippen LogP contribution in [0.25, 0.3) is 11.3 Å². The molecule has 0 atom stereocenters. The summed E-state index contributed by atoms with van der Waals surface area (Å²) in [4.78, 5) is 30.2. The fourth-order valence-electron chi connectivity index (χ4n) is 2.34. The van der Waals surface area contributed by atoms with Crippen molar-refractivity contribution in [2.75, 3.05) is 7.11 Å². The van der Waals surface area contributed by atoms with E-state index in [1.807, 2.05) is 6.07 Å². The van der Waals surface area contributed by atoms with Crippen LogP contribution in [-0.4, -0.2) is 29.2 Å². The fraction of sp³-hybridized carbons (Fsp3) is 0.0526. The molecule has 2 aromatic carbocycles. The molecule has 7 nitrogen and oxygen atoms in total. The zero-order valence-corrected chi connectivity index (χ0v) is 14.3. The average molecular weight is 366 g/mol. The highest BCUT2D eigenvalue weighted by atomic mass is 19.1. The number of hydrazone groups is 1. The first-order valence-electron chi connectivity index (χ1n) is 7.90. The SMILES string of the molecule is COc1ccccc1/C=N/NC(=O)c1cc(-c2ccc(F)cc2)nc(=O)[nH]1. The molecule has 1 amide bonds. The van der Waals surface area contributed by atoms with Crippen molar-refractivity contribution in [1.29, 1.82) is 0 Å². The molecule has 0 radical (unpaired) electrons. The Labute approximate surface area is 153 Å². The number of rotatable bonds is 5. The van der Waals surface area contributed by atoms with E-state index < -0.39 is 17.4 Å². The molecule has 3 rings (SSSR count). The Hall–Kier alpha value is -3.81. The Morgan fingerprint density at radius 1 is 1.22 bits per heavy atom. The average Bonchev–Trinajstić information content (AvgIpc) is 2.68. The van der Waals surface area contributed by atoms with E-state index >= 15 is 0 Å². The topological polar surface area (TPSA) is 96.4 Å². The number of carbonyl (C=O) groups is 1. The molecule has 2 N–H and O–H groups in total. The molecule has 136 valence electrons. The normalized spacial score (nSPS) is 10.7. The molecule has 3 aromatic rings. The largest absolute Gasteiger partial charge is 0.496 e. The number of ether oxygens (including phenoxy) is 1. The standard InChI is InChI=1S/C19H15FN4O3/c1-27-17-5-3-2-4-13(17)11-21-24-18(25)16-10-15(22-19(26)23-16)12-6-8-14(20)9-7-12/h2-11H,1H3,(H,24,25)(H,22,23,26)/b21-11+. The first-order chi connectivity index (χ1) is 13.1. The van der Waals surface area contributed by atoms with Crippen LogP contribution in [0.4, 0.5) is 4.39 Å². The summed E-state index contributed by atoms with van der Waals surface area (Å²) >= 11 is 0. The van der Waals surface area contributed by atoms with Crippen molar-refractivity contribution in [3.8, 4) is 17.0 Å². The Balaban J connectivity index is 1.79. The van der Waals surface area contributed by atoms with E-state index in [9.17, 15) is 14.0 Å². The van der Waals surface area contributed by atoms with Gasteiger partial charge in [0.2, 0.25) is 0 Å². The van der Waals surface area contributed by atoms with E-state index in [4.69, 9.17) is 4.74 Å². The van der Waals surface area contributed by atoms with Crippen molar-refractivity contribution in [2.45, 2.75) is 0 Å². The van der Waals surface area contributed by atoms with E-state index in [2.05, 4.69) is 20.5 Å². The highest BCUT2D eigenvalue weighted by molar-refractivity contribution is 5.94. The first-order valence-corrected chi connectivity index (χ1v) is 7.90. The summed E-state index contributed by atoms with van der Waals surface area (Å²) in [6.07, 6.45) is 1.43. The van der Waals surface area contributed by atoms with E-state index in [0.717, 1.165) is 0 Å². The lowest BCUT2D eigenvalue weighted by Gasteiger charge is -2.05. The van der Waals surface area contributed by atoms with Crippen LogP contribution in [0.2, 0.25) is 0 Å². The zero-order valence-electron chi connectivity index (χ0n) is 14.3. The highest BCUT2D eigenvalue weighted by Gasteiger charge is 2.10. The molecule has 1 aromatic heterocycles. The van der Waals surface area contributed by atoms with Crippen molar-refractivity contribution in [3.05, 3.63) is 82.2 Å². The third-order valence-corrected chi connectivity index (χ3v) is 3.64. The van der Waals surface area contributed by atoms with Crippen LogP contribution in [-0.2, 0) is 0 Å². The number of nitrogens with zero attached hydrogens (tertiary/aromatic N) is 2. The molecule has 0 aliphatic rings. The van der Waals surface area contributed by atoms with Crippen LogP contribution in [0.1, 0.15) is 16.1 Å². The smallest absolute Gasteiger partial charge is 0.346 e. The second-order valence-electron chi connectivity index (χ2n) is 5.43. The fourth-order valence-corrected chi connectivity index (χ4v) is 2.34. The Bertz CT molecular complexity index is 1050. The highest BCUT2D eigenvalue weighted by Crippen LogP contribution is 2.17. The van der Waals surface area contributed by atoms with Crippen LogP contribution >= 0.6 is 0 Å². The zero-order chi connectivity index (χ0) is 19.2. The van der Waals surface area contributed by atoms with Gasteiger partial charge in [0.15, 0.2) is 0 Å². The maximum Gasteiger partial charge on any atom is 0.346 e. The summed E-state index contributed by atoms with van der Waals surface area (Å²) in [6, 6.07) is 14.0.